The van der Waals surface area contributed by atoms with Gasteiger partial charge in [-0.15, -0.1) is 0 Å². The summed E-state index contributed by atoms with van der Waals surface area (Å²) in [5.74, 6) is -0.195. The molecule has 3 heteroatoms. The summed E-state index contributed by atoms with van der Waals surface area (Å²) in [5.41, 5.74) is 7.91. The van der Waals surface area contributed by atoms with Crippen LogP contribution < -0.4 is 5.73 Å². The molecule has 0 heterocycles. The van der Waals surface area contributed by atoms with Crippen LogP contribution in [0.25, 0.3) is 0 Å². The number of hydrogen-bond acceptors (Lipinski definition) is 3. The zero-order valence-corrected chi connectivity index (χ0v) is 7.26. The molecule has 1 rings (SSSR count). The maximum Gasteiger partial charge on any atom is 0.162 e. The van der Waals surface area contributed by atoms with Crippen LogP contribution in [0.15, 0.2) is 6.07 Å². The molecule has 0 aliphatic carbocycles. The van der Waals surface area contributed by atoms with Crippen molar-refractivity contribution in [3.05, 3.63) is 22.8 Å². The zero-order chi connectivity index (χ0) is 9.30. The van der Waals surface area contributed by atoms with E-state index in [4.69, 9.17) is 5.73 Å². The van der Waals surface area contributed by atoms with Crippen molar-refractivity contribution in [1.29, 1.82) is 0 Å². The van der Waals surface area contributed by atoms with Crippen molar-refractivity contribution >= 4 is 0 Å². The third-order valence-electron chi connectivity index (χ3n) is 2.13. The first kappa shape index (κ1) is 8.87. The number of phenols is 2. The van der Waals surface area contributed by atoms with Crippen molar-refractivity contribution in [3.8, 4) is 11.5 Å². The van der Waals surface area contributed by atoms with Crippen LogP contribution in [0, 0.1) is 13.8 Å². The third kappa shape index (κ3) is 1.23. The molecule has 0 radical (unpaired) electrons. The van der Waals surface area contributed by atoms with Gasteiger partial charge in [-0.25, -0.2) is 0 Å². The minimum Gasteiger partial charge on any atom is -0.504 e. The van der Waals surface area contributed by atoms with Gasteiger partial charge in [0, 0.05) is 12.1 Å². The Balaban J connectivity index is 3.42. The fourth-order valence-corrected chi connectivity index (χ4v) is 1.20. The Hall–Kier alpha value is -1.22. The molecule has 0 spiro atoms. The lowest BCUT2D eigenvalue weighted by atomic mass is 10.0. The van der Waals surface area contributed by atoms with Gasteiger partial charge in [-0.3, -0.25) is 0 Å². The molecule has 1 aromatic rings. The molecule has 1 aromatic carbocycles. The van der Waals surface area contributed by atoms with Crippen molar-refractivity contribution in [1.82, 2.24) is 0 Å². The highest BCUT2D eigenvalue weighted by Crippen LogP contribution is 2.32. The number of aryl methyl sites for hydroxylation is 1. The lowest BCUT2D eigenvalue weighted by Gasteiger charge is -2.10. The van der Waals surface area contributed by atoms with Crippen LogP contribution in [0.2, 0.25) is 0 Å². The van der Waals surface area contributed by atoms with Gasteiger partial charge in [0.25, 0.3) is 0 Å². The lowest BCUT2D eigenvalue weighted by molar-refractivity contribution is 0.398. The highest BCUT2D eigenvalue weighted by molar-refractivity contribution is 5.51. The van der Waals surface area contributed by atoms with Crippen molar-refractivity contribution in [3.63, 3.8) is 0 Å². The van der Waals surface area contributed by atoms with Gasteiger partial charge in [0.2, 0.25) is 0 Å². The van der Waals surface area contributed by atoms with Gasteiger partial charge >= 0.3 is 0 Å². The van der Waals surface area contributed by atoms with E-state index in [1.807, 2.05) is 13.8 Å². The van der Waals surface area contributed by atoms with Gasteiger partial charge in [0.1, 0.15) is 0 Å². The van der Waals surface area contributed by atoms with E-state index in [-0.39, 0.29) is 18.0 Å². The van der Waals surface area contributed by atoms with Crippen molar-refractivity contribution in [2.75, 3.05) is 0 Å². The third-order valence-corrected chi connectivity index (χ3v) is 2.13. The van der Waals surface area contributed by atoms with Crippen LogP contribution in [0.5, 0.6) is 11.5 Å². The van der Waals surface area contributed by atoms with Crippen molar-refractivity contribution in [2.45, 2.75) is 20.4 Å². The second kappa shape index (κ2) is 3.03. The van der Waals surface area contributed by atoms with Gasteiger partial charge in [-0.2, -0.15) is 0 Å². The Morgan fingerprint density at radius 1 is 1.33 bits per heavy atom. The van der Waals surface area contributed by atoms with Gasteiger partial charge in [0.05, 0.1) is 0 Å². The maximum absolute atomic E-state index is 9.37. The summed E-state index contributed by atoms with van der Waals surface area (Å²) in [7, 11) is 0. The zero-order valence-electron chi connectivity index (χ0n) is 7.26. The molecule has 0 saturated heterocycles. The van der Waals surface area contributed by atoms with E-state index in [9.17, 15) is 10.2 Å². The highest BCUT2D eigenvalue weighted by Gasteiger charge is 2.10. The Kier molecular flexibility index (Phi) is 2.24. The first-order chi connectivity index (χ1) is 5.57. The Morgan fingerprint density at radius 3 is 2.42 bits per heavy atom. The predicted molar refractivity (Wildman–Crippen MR) is 47.1 cm³/mol. The molecular weight excluding hydrogens is 154 g/mol. The molecule has 0 aromatic heterocycles. The molecule has 0 saturated carbocycles. The summed E-state index contributed by atoms with van der Waals surface area (Å²) in [5, 5.41) is 18.6. The molecule has 0 aliphatic rings. The van der Waals surface area contributed by atoms with Crippen LogP contribution >= 0.6 is 0 Å². The standard InChI is InChI=1S/C9H13NO2/c1-5-3-8(11)9(12)7(4-10)6(5)2/h3,11-12H,4,10H2,1-2H3. The lowest BCUT2D eigenvalue weighted by Crippen LogP contribution is -2.01. The highest BCUT2D eigenvalue weighted by atomic mass is 16.3. The monoisotopic (exact) mass is 167 g/mol. The van der Waals surface area contributed by atoms with E-state index in [0.717, 1.165) is 11.1 Å². The van der Waals surface area contributed by atoms with Crippen LogP contribution in [-0.2, 0) is 6.54 Å². The van der Waals surface area contributed by atoms with Gasteiger partial charge in [0.15, 0.2) is 11.5 Å². The fraction of sp³-hybridized carbons (Fsp3) is 0.333. The van der Waals surface area contributed by atoms with Gasteiger partial charge < -0.3 is 15.9 Å². The van der Waals surface area contributed by atoms with E-state index < -0.39 is 0 Å². The van der Waals surface area contributed by atoms with E-state index in [0.29, 0.717) is 5.56 Å². The number of phenolic OH excluding ortho intramolecular Hbond substituents is 2. The number of aromatic hydroxyl groups is 2. The largest absolute Gasteiger partial charge is 0.504 e. The Morgan fingerprint density at radius 2 is 1.92 bits per heavy atom. The van der Waals surface area contributed by atoms with Crippen LogP contribution in [0.1, 0.15) is 16.7 Å². The molecule has 3 nitrogen and oxygen atoms in total. The summed E-state index contributed by atoms with van der Waals surface area (Å²) in [4.78, 5) is 0. The summed E-state index contributed by atoms with van der Waals surface area (Å²) in [6.07, 6.45) is 0. The Bertz CT molecular complexity index is 282. The molecular formula is C9H13NO2. The van der Waals surface area contributed by atoms with E-state index in [1.165, 1.54) is 6.07 Å². The van der Waals surface area contributed by atoms with E-state index in [1.54, 1.807) is 0 Å². The number of benzene rings is 1. The Labute approximate surface area is 71.5 Å². The second-order valence-electron chi connectivity index (χ2n) is 2.87. The topological polar surface area (TPSA) is 66.5 Å². The molecule has 0 amide bonds. The average Bonchev–Trinajstić information content (AvgIpc) is 2.02. The van der Waals surface area contributed by atoms with E-state index >= 15 is 0 Å². The van der Waals surface area contributed by atoms with E-state index in [2.05, 4.69) is 0 Å². The summed E-state index contributed by atoms with van der Waals surface area (Å²) in [6.45, 7) is 3.98. The molecule has 0 fully saturated rings. The average molecular weight is 167 g/mol. The normalized spacial score (nSPS) is 10.2. The number of hydrogen-bond donors (Lipinski definition) is 3. The minimum absolute atomic E-state index is 0.0967. The summed E-state index contributed by atoms with van der Waals surface area (Å²) >= 11 is 0. The minimum atomic E-state index is -0.0986. The second-order valence-corrected chi connectivity index (χ2v) is 2.87. The molecule has 0 atom stereocenters. The predicted octanol–water partition coefficient (Wildman–Crippen LogP) is 1.17. The van der Waals surface area contributed by atoms with Crippen LogP contribution in [0.4, 0.5) is 0 Å². The first-order valence-electron chi connectivity index (χ1n) is 3.79. The van der Waals surface area contributed by atoms with Crippen LogP contribution in [-0.4, -0.2) is 10.2 Å². The number of nitrogens with two attached hydrogens (primary N) is 1. The quantitative estimate of drug-likeness (QED) is 0.550. The first-order valence-corrected chi connectivity index (χ1v) is 3.79. The van der Waals surface area contributed by atoms with Crippen LogP contribution in [0.3, 0.4) is 0 Å². The molecule has 12 heavy (non-hydrogen) atoms. The SMILES string of the molecule is Cc1cc(O)c(O)c(CN)c1C. The fourth-order valence-electron chi connectivity index (χ4n) is 1.20. The number of rotatable bonds is 1. The summed E-state index contributed by atoms with van der Waals surface area (Å²) in [6, 6.07) is 1.53. The molecule has 0 unspecified atom stereocenters. The van der Waals surface area contributed by atoms with Crippen molar-refractivity contribution in [2.24, 2.45) is 5.73 Å². The molecule has 66 valence electrons. The molecule has 0 aliphatic heterocycles. The molecule has 0 bridgehead atoms. The smallest absolute Gasteiger partial charge is 0.162 e. The summed E-state index contributed by atoms with van der Waals surface area (Å²) < 4.78 is 0. The van der Waals surface area contributed by atoms with Gasteiger partial charge in [-0.1, -0.05) is 0 Å². The maximum atomic E-state index is 9.37. The van der Waals surface area contributed by atoms with Gasteiger partial charge in [-0.05, 0) is 31.0 Å². The van der Waals surface area contributed by atoms with Crippen molar-refractivity contribution < 1.29 is 10.2 Å². The molecule has 4 N–H and O–H groups in total.